The van der Waals surface area contributed by atoms with Gasteiger partial charge >= 0.3 is 0 Å². The molecule has 0 aliphatic rings. The molecule has 10 aromatic carbocycles. The van der Waals surface area contributed by atoms with Gasteiger partial charge in [0.15, 0.2) is 0 Å². The molecule has 0 atom stereocenters. The standard InChI is InChI=1S/C56H35NOS/c1-2-15-36(16-3-1)40-17-4-5-18-42(40)43-19-6-7-20-44(43)45-21-8-11-24-50(45)57(51-25-14-28-55-56(51)47-23-10-13-27-54(47)59-55)39-31-32-41-37(33-39)29-30-38-34-53-49(35-48(38)41)46-22-9-12-26-52(46)58-53/h1-35H. The van der Waals surface area contributed by atoms with E-state index in [-0.39, 0.29) is 0 Å². The topological polar surface area (TPSA) is 16.4 Å². The number of hydrogen-bond donors (Lipinski definition) is 0. The molecule has 276 valence electrons. The lowest BCUT2D eigenvalue weighted by Gasteiger charge is -2.29. The second-order valence-corrected chi connectivity index (χ2v) is 16.3. The Morgan fingerprint density at radius 2 is 0.949 bits per heavy atom. The van der Waals surface area contributed by atoms with E-state index in [1.165, 1.54) is 69.5 Å². The molecule has 0 bridgehead atoms. The van der Waals surface area contributed by atoms with Crippen molar-refractivity contribution in [2.45, 2.75) is 0 Å². The normalized spacial score (nSPS) is 11.7. The minimum absolute atomic E-state index is 0.916. The van der Waals surface area contributed by atoms with Crippen LogP contribution in [0.25, 0.3) is 97.0 Å². The van der Waals surface area contributed by atoms with Crippen molar-refractivity contribution >= 4 is 92.1 Å². The number of thiophene rings is 1. The van der Waals surface area contributed by atoms with Crippen LogP contribution in [-0.4, -0.2) is 0 Å². The van der Waals surface area contributed by atoms with E-state index in [1.54, 1.807) is 0 Å². The van der Waals surface area contributed by atoms with Gasteiger partial charge in [0.25, 0.3) is 0 Å². The minimum Gasteiger partial charge on any atom is -0.456 e. The van der Waals surface area contributed by atoms with Gasteiger partial charge in [0.2, 0.25) is 0 Å². The highest BCUT2D eigenvalue weighted by molar-refractivity contribution is 7.26. The SMILES string of the molecule is c1ccc(-c2ccccc2-c2ccccc2-c2ccccc2N(c2ccc3c(ccc4cc5oc6ccccc6c5cc43)c2)c2cccc3sc4ccccc4c23)cc1. The molecule has 0 spiro atoms. The van der Waals surface area contributed by atoms with Crippen molar-refractivity contribution in [2.24, 2.45) is 0 Å². The minimum atomic E-state index is 0.916. The fourth-order valence-corrected chi connectivity index (χ4v) is 10.3. The Kier molecular flexibility index (Phi) is 7.75. The first-order chi connectivity index (χ1) is 29.3. The van der Waals surface area contributed by atoms with Gasteiger partial charge in [-0.1, -0.05) is 158 Å². The molecule has 12 aromatic rings. The Balaban J connectivity index is 1.11. The van der Waals surface area contributed by atoms with E-state index >= 15 is 0 Å². The lowest BCUT2D eigenvalue weighted by atomic mass is 9.88. The Morgan fingerprint density at radius 1 is 0.339 bits per heavy atom. The lowest BCUT2D eigenvalue weighted by Crippen LogP contribution is -2.11. The maximum atomic E-state index is 6.29. The Bertz CT molecular complexity index is 3580. The van der Waals surface area contributed by atoms with E-state index in [2.05, 4.69) is 211 Å². The molecule has 59 heavy (non-hydrogen) atoms. The van der Waals surface area contributed by atoms with Gasteiger partial charge in [-0.25, -0.2) is 0 Å². The largest absolute Gasteiger partial charge is 0.456 e. The maximum absolute atomic E-state index is 6.29. The number of anilines is 3. The zero-order valence-corrected chi connectivity index (χ0v) is 32.8. The molecule has 0 fully saturated rings. The fourth-order valence-electron chi connectivity index (χ4n) is 9.20. The van der Waals surface area contributed by atoms with Crippen LogP contribution in [0.4, 0.5) is 17.1 Å². The highest BCUT2D eigenvalue weighted by atomic mass is 32.1. The Morgan fingerprint density at radius 3 is 1.78 bits per heavy atom. The summed E-state index contributed by atoms with van der Waals surface area (Å²) in [4.78, 5) is 2.49. The van der Waals surface area contributed by atoms with Crippen LogP contribution in [0.15, 0.2) is 217 Å². The third-order valence-electron chi connectivity index (χ3n) is 11.9. The van der Waals surface area contributed by atoms with Crippen LogP contribution in [0.3, 0.4) is 0 Å². The molecule has 0 radical (unpaired) electrons. The van der Waals surface area contributed by atoms with Gasteiger partial charge in [0.05, 0.1) is 11.4 Å². The molecule has 0 saturated heterocycles. The zero-order valence-electron chi connectivity index (χ0n) is 32.0. The van der Waals surface area contributed by atoms with E-state index in [9.17, 15) is 0 Å². The van der Waals surface area contributed by atoms with Crippen LogP contribution in [0.2, 0.25) is 0 Å². The van der Waals surface area contributed by atoms with Crippen molar-refractivity contribution in [3.63, 3.8) is 0 Å². The third kappa shape index (κ3) is 5.47. The quantitative estimate of drug-likeness (QED) is 0.157. The molecule has 2 nitrogen and oxygen atoms in total. The average molecular weight is 770 g/mol. The monoisotopic (exact) mass is 769 g/mol. The first-order valence-electron chi connectivity index (χ1n) is 20.1. The van der Waals surface area contributed by atoms with Gasteiger partial charge in [0.1, 0.15) is 11.2 Å². The number of hydrogen-bond acceptors (Lipinski definition) is 3. The van der Waals surface area contributed by atoms with Gasteiger partial charge in [-0.3, -0.25) is 0 Å². The van der Waals surface area contributed by atoms with Crippen molar-refractivity contribution in [1.29, 1.82) is 0 Å². The van der Waals surface area contributed by atoms with Crippen molar-refractivity contribution < 1.29 is 4.42 Å². The van der Waals surface area contributed by atoms with Gasteiger partial charge in [-0.2, -0.15) is 0 Å². The van der Waals surface area contributed by atoms with Crippen molar-refractivity contribution in [1.82, 2.24) is 0 Å². The van der Waals surface area contributed by atoms with E-state index < -0.39 is 0 Å². The summed E-state index contributed by atoms with van der Waals surface area (Å²) in [6.45, 7) is 0. The maximum Gasteiger partial charge on any atom is 0.136 e. The lowest BCUT2D eigenvalue weighted by molar-refractivity contribution is 0.669. The molecule has 0 saturated carbocycles. The summed E-state index contributed by atoms with van der Waals surface area (Å²) in [7, 11) is 0. The fraction of sp³-hybridized carbons (Fsp3) is 0. The molecule has 0 aliphatic carbocycles. The molecule has 0 amide bonds. The van der Waals surface area contributed by atoms with Crippen LogP contribution in [0.1, 0.15) is 0 Å². The van der Waals surface area contributed by atoms with Crippen molar-refractivity contribution in [3.8, 4) is 33.4 Å². The molecular formula is C56H35NOS. The zero-order chi connectivity index (χ0) is 38.9. The molecule has 0 N–H and O–H groups in total. The van der Waals surface area contributed by atoms with E-state index in [0.29, 0.717) is 0 Å². The van der Waals surface area contributed by atoms with Gasteiger partial charge < -0.3 is 9.32 Å². The Hall–Kier alpha value is -7.46. The van der Waals surface area contributed by atoms with Crippen molar-refractivity contribution in [2.75, 3.05) is 4.90 Å². The first kappa shape index (κ1) is 33.7. The van der Waals surface area contributed by atoms with Crippen LogP contribution < -0.4 is 4.90 Å². The smallest absolute Gasteiger partial charge is 0.136 e. The molecule has 0 unspecified atom stereocenters. The summed E-state index contributed by atoms with van der Waals surface area (Å²) in [5.41, 5.74) is 12.4. The molecule has 12 rings (SSSR count). The third-order valence-corrected chi connectivity index (χ3v) is 13.0. The van der Waals surface area contributed by atoms with Crippen LogP contribution in [0, 0.1) is 0 Å². The first-order valence-corrected chi connectivity index (χ1v) is 20.9. The van der Waals surface area contributed by atoms with E-state index in [4.69, 9.17) is 4.42 Å². The number of benzene rings is 10. The summed E-state index contributed by atoms with van der Waals surface area (Å²) in [5.74, 6) is 0. The van der Waals surface area contributed by atoms with E-state index in [1.807, 2.05) is 17.4 Å². The Labute approximate surface area is 345 Å². The van der Waals surface area contributed by atoms with Crippen LogP contribution in [0.5, 0.6) is 0 Å². The summed E-state index contributed by atoms with van der Waals surface area (Å²) in [6.07, 6.45) is 0. The number of fused-ring (bicyclic) bond motifs is 9. The van der Waals surface area contributed by atoms with Gasteiger partial charge in [-0.15, -0.1) is 11.3 Å². The number of nitrogens with zero attached hydrogens (tertiary/aromatic N) is 1. The van der Waals surface area contributed by atoms with Gasteiger partial charge in [0, 0.05) is 42.2 Å². The van der Waals surface area contributed by atoms with E-state index in [0.717, 1.165) is 44.6 Å². The predicted molar refractivity (Wildman–Crippen MR) is 253 cm³/mol. The molecular weight excluding hydrogens is 735 g/mol. The second kappa shape index (κ2) is 13.6. The second-order valence-electron chi connectivity index (χ2n) is 15.2. The number of furan rings is 1. The summed E-state index contributed by atoms with van der Waals surface area (Å²) < 4.78 is 8.84. The summed E-state index contributed by atoms with van der Waals surface area (Å²) in [5, 5.41) is 9.60. The van der Waals surface area contributed by atoms with Crippen LogP contribution >= 0.6 is 11.3 Å². The van der Waals surface area contributed by atoms with Gasteiger partial charge in [-0.05, 0) is 104 Å². The molecule has 3 heteroatoms. The molecule has 0 aliphatic heterocycles. The van der Waals surface area contributed by atoms with Crippen molar-refractivity contribution in [3.05, 3.63) is 212 Å². The molecule has 2 heterocycles. The molecule has 2 aromatic heterocycles. The number of rotatable bonds is 6. The highest BCUT2D eigenvalue weighted by Gasteiger charge is 2.23. The average Bonchev–Trinajstić information content (AvgIpc) is 3.87. The summed E-state index contributed by atoms with van der Waals surface area (Å²) in [6, 6.07) is 77.2. The number of para-hydroxylation sites is 2. The highest BCUT2D eigenvalue weighted by Crippen LogP contribution is 2.49. The van der Waals surface area contributed by atoms with Crippen LogP contribution in [-0.2, 0) is 0 Å². The predicted octanol–water partition coefficient (Wildman–Crippen LogP) is 16.7. The summed E-state index contributed by atoms with van der Waals surface area (Å²) >= 11 is 1.86.